The Bertz CT molecular complexity index is 488. The molecule has 14 heavy (non-hydrogen) atoms. The van der Waals surface area contributed by atoms with Crippen LogP contribution in [0.1, 0.15) is 18.2 Å². The number of fused-ring (bicyclic) bond motifs is 1. The fraction of sp³-hybridized carbons (Fsp3) is 0.250. The van der Waals surface area contributed by atoms with E-state index < -0.39 is 0 Å². The third-order valence-electron chi connectivity index (χ3n) is 2.51. The van der Waals surface area contributed by atoms with Crippen LogP contribution in [-0.2, 0) is 12.8 Å². The minimum Gasteiger partial charge on any atom is -0.357 e. The third-order valence-corrected chi connectivity index (χ3v) is 2.51. The molecule has 0 bridgehead atoms. The summed E-state index contributed by atoms with van der Waals surface area (Å²) in [6.45, 7) is 2.12. The predicted octanol–water partition coefficient (Wildman–Crippen LogP) is 2.80. The summed E-state index contributed by atoms with van der Waals surface area (Å²) in [6.07, 6.45) is 1.44. The molecule has 0 atom stereocenters. The smallest absolute Gasteiger partial charge is 0.0755 e. The number of nitriles is 1. The highest BCUT2D eigenvalue weighted by Gasteiger charge is 2.07. The summed E-state index contributed by atoms with van der Waals surface area (Å²) in [5.41, 5.74) is 3.48. The molecule has 0 amide bonds. The second kappa shape index (κ2) is 3.55. The Morgan fingerprint density at radius 1 is 1.36 bits per heavy atom. The molecule has 1 aromatic carbocycles. The van der Waals surface area contributed by atoms with Crippen LogP contribution in [0.15, 0.2) is 24.3 Å². The van der Waals surface area contributed by atoms with E-state index in [2.05, 4.69) is 30.1 Å². The highest BCUT2D eigenvalue weighted by atomic mass is 14.7. The zero-order chi connectivity index (χ0) is 9.97. The summed E-state index contributed by atoms with van der Waals surface area (Å²) in [4.78, 5) is 3.29. The van der Waals surface area contributed by atoms with Crippen LogP contribution in [0.4, 0.5) is 0 Å². The number of para-hydroxylation sites is 1. The van der Waals surface area contributed by atoms with Crippen molar-refractivity contribution in [3.63, 3.8) is 0 Å². The maximum absolute atomic E-state index is 8.69. The van der Waals surface area contributed by atoms with Crippen LogP contribution < -0.4 is 0 Å². The molecule has 0 aliphatic heterocycles. The van der Waals surface area contributed by atoms with Gasteiger partial charge in [0, 0.05) is 16.6 Å². The van der Waals surface area contributed by atoms with Crippen LogP contribution in [0, 0.1) is 11.3 Å². The van der Waals surface area contributed by atoms with E-state index in [-0.39, 0.29) is 0 Å². The molecule has 0 saturated heterocycles. The molecule has 0 saturated carbocycles. The number of H-pyrrole nitrogens is 1. The highest BCUT2D eigenvalue weighted by Crippen LogP contribution is 2.22. The minimum absolute atomic E-state index is 0.470. The van der Waals surface area contributed by atoms with Gasteiger partial charge >= 0.3 is 0 Å². The fourth-order valence-corrected chi connectivity index (χ4v) is 1.89. The molecule has 0 spiro atoms. The van der Waals surface area contributed by atoms with E-state index in [9.17, 15) is 0 Å². The zero-order valence-electron chi connectivity index (χ0n) is 8.17. The monoisotopic (exact) mass is 184 g/mol. The summed E-state index contributed by atoms with van der Waals surface area (Å²) >= 11 is 0. The standard InChI is InChI=1S/C12H12N2/c1-2-9-10-5-3-4-6-11(10)14-12(9)7-8-13/h3-6,14H,2,7H2,1H3. The average Bonchev–Trinajstić information content (AvgIpc) is 2.55. The Morgan fingerprint density at radius 3 is 2.86 bits per heavy atom. The summed E-state index contributed by atoms with van der Waals surface area (Å²) in [5, 5.41) is 9.95. The van der Waals surface area contributed by atoms with Gasteiger partial charge in [-0.05, 0) is 18.1 Å². The number of aryl methyl sites for hydroxylation is 1. The number of rotatable bonds is 2. The number of nitrogens with zero attached hydrogens (tertiary/aromatic N) is 1. The maximum Gasteiger partial charge on any atom is 0.0755 e. The molecule has 70 valence electrons. The molecule has 1 aromatic heterocycles. The highest BCUT2D eigenvalue weighted by molar-refractivity contribution is 5.84. The Balaban J connectivity index is 2.67. The van der Waals surface area contributed by atoms with Gasteiger partial charge in [0.05, 0.1) is 12.5 Å². The zero-order valence-corrected chi connectivity index (χ0v) is 8.17. The van der Waals surface area contributed by atoms with Crippen molar-refractivity contribution in [2.24, 2.45) is 0 Å². The van der Waals surface area contributed by atoms with Gasteiger partial charge in [-0.25, -0.2) is 0 Å². The van der Waals surface area contributed by atoms with Crippen molar-refractivity contribution >= 4 is 10.9 Å². The second-order valence-electron chi connectivity index (χ2n) is 3.32. The number of hydrogen-bond donors (Lipinski definition) is 1. The van der Waals surface area contributed by atoms with Gasteiger partial charge in [-0.15, -0.1) is 0 Å². The van der Waals surface area contributed by atoms with Crippen molar-refractivity contribution < 1.29 is 0 Å². The van der Waals surface area contributed by atoms with Gasteiger partial charge in [-0.3, -0.25) is 0 Å². The summed E-state index contributed by atoms with van der Waals surface area (Å²) in [6, 6.07) is 10.4. The molecular weight excluding hydrogens is 172 g/mol. The van der Waals surface area contributed by atoms with Gasteiger partial charge in [0.1, 0.15) is 0 Å². The first kappa shape index (κ1) is 8.83. The Morgan fingerprint density at radius 2 is 2.14 bits per heavy atom. The number of nitrogens with one attached hydrogen (secondary N) is 1. The lowest BCUT2D eigenvalue weighted by molar-refractivity contribution is 1.07. The predicted molar refractivity (Wildman–Crippen MR) is 57.0 cm³/mol. The maximum atomic E-state index is 8.69. The van der Waals surface area contributed by atoms with E-state index in [0.717, 1.165) is 17.6 Å². The van der Waals surface area contributed by atoms with Crippen LogP contribution in [-0.4, -0.2) is 4.98 Å². The van der Waals surface area contributed by atoms with Crippen molar-refractivity contribution in [3.05, 3.63) is 35.5 Å². The fourth-order valence-electron chi connectivity index (χ4n) is 1.89. The van der Waals surface area contributed by atoms with E-state index in [1.807, 2.05) is 12.1 Å². The van der Waals surface area contributed by atoms with Crippen molar-refractivity contribution in [3.8, 4) is 6.07 Å². The Kier molecular flexibility index (Phi) is 2.24. The molecule has 2 aromatic rings. The summed E-state index contributed by atoms with van der Waals surface area (Å²) in [7, 11) is 0. The number of hydrogen-bond acceptors (Lipinski definition) is 1. The average molecular weight is 184 g/mol. The molecule has 2 nitrogen and oxygen atoms in total. The molecule has 0 fully saturated rings. The molecule has 1 N–H and O–H groups in total. The quantitative estimate of drug-likeness (QED) is 0.765. The Hall–Kier alpha value is -1.75. The van der Waals surface area contributed by atoms with E-state index >= 15 is 0 Å². The molecular formula is C12H12N2. The Labute approximate surface area is 83.2 Å². The van der Waals surface area contributed by atoms with Gasteiger partial charge in [0.25, 0.3) is 0 Å². The van der Waals surface area contributed by atoms with Gasteiger partial charge < -0.3 is 4.98 Å². The lowest BCUT2D eigenvalue weighted by Crippen LogP contribution is -1.87. The van der Waals surface area contributed by atoms with Crippen LogP contribution >= 0.6 is 0 Å². The SMILES string of the molecule is CCc1c(CC#N)[nH]c2ccccc12. The number of aromatic amines is 1. The van der Waals surface area contributed by atoms with Crippen LogP contribution in [0.3, 0.4) is 0 Å². The second-order valence-corrected chi connectivity index (χ2v) is 3.32. The minimum atomic E-state index is 0.470. The molecule has 2 heteroatoms. The first-order valence-corrected chi connectivity index (χ1v) is 4.82. The number of aromatic nitrogens is 1. The first-order valence-electron chi connectivity index (χ1n) is 4.82. The van der Waals surface area contributed by atoms with Gasteiger partial charge in [-0.2, -0.15) is 5.26 Å². The van der Waals surface area contributed by atoms with E-state index in [1.54, 1.807) is 0 Å². The molecule has 2 rings (SSSR count). The van der Waals surface area contributed by atoms with Gasteiger partial charge in [0.15, 0.2) is 0 Å². The van der Waals surface area contributed by atoms with E-state index in [1.165, 1.54) is 10.9 Å². The van der Waals surface area contributed by atoms with Crippen LogP contribution in [0.5, 0.6) is 0 Å². The van der Waals surface area contributed by atoms with Crippen molar-refractivity contribution in [2.75, 3.05) is 0 Å². The number of benzene rings is 1. The van der Waals surface area contributed by atoms with Crippen LogP contribution in [0.25, 0.3) is 10.9 Å². The topological polar surface area (TPSA) is 39.6 Å². The molecule has 0 aliphatic rings. The summed E-state index contributed by atoms with van der Waals surface area (Å²) in [5.74, 6) is 0. The molecule has 1 heterocycles. The largest absolute Gasteiger partial charge is 0.357 e. The normalized spacial score (nSPS) is 10.3. The van der Waals surface area contributed by atoms with Crippen molar-refractivity contribution in [2.45, 2.75) is 19.8 Å². The first-order chi connectivity index (χ1) is 6.86. The molecule has 0 aliphatic carbocycles. The lowest BCUT2D eigenvalue weighted by Gasteiger charge is -1.95. The van der Waals surface area contributed by atoms with E-state index in [4.69, 9.17) is 5.26 Å². The summed E-state index contributed by atoms with van der Waals surface area (Å²) < 4.78 is 0. The van der Waals surface area contributed by atoms with Crippen molar-refractivity contribution in [1.29, 1.82) is 5.26 Å². The van der Waals surface area contributed by atoms with Gasteiger partial charge in [-0.1, -0.05) is 25.1 Å². The lowest BCUT2D eigenvalue weighted by atomic mass is 10.1. The van der Waals surface area contributed by atoms with E-state index in [0.29, 0.717) is 6.42 Å². The van der Waals surface area contributed by atoms with Crippen LogP contribution in [0.2, 0.25) is 0 Å². The van der Waals surface area contributed by atoms with Crippen molar-refractivity contribution in [1.82, 2.24) is 4.98 Å². The molecule has 0 radical (unpaired) electrons. The molecule has 0 unspecified atom stereocenters. The van der Waals surface area contributed by atoms with Gasteiger partial charge in [0.2, 0.25) is 0 Å². The third kappa shape index (κ3) is 1.27.